The summed E-state index contributed by atoms with van der Waals surface area (Å²) in [6.07, 6.45) is 0. The maximum atomic E-state index is 13.1. The monoisotopic (exact) mass is 317 g/mol. The molecule has 6 heteroatoms. The molecule has 0 radical (unpaired) electrons. The number of ether oxygens (including phenoxy) is 1. The summed E-state index contributed by atoms with van der Waals surface area (Å²) in [6.45, 7) is 1.95. The van der Waals surface area contributed by atoms with E-state index in [1.54, 1.807) is 24.3 Å². The fraction of sp³-hybridized carbons (Fsp3) is 0.188. The summed E-state index contributed by atoms with van der Waals surface area (Å²) in [5.74, 6) is 0.517. The lowest BCUT2D eigenvalue weighted by atomic mass is 10.0. The third-order valence-corrected chi connectivity index (χ3v) is 3.93. The normalized spacial score (nSPS) is 20.9. The number of methoxy groups -OCH3 is 1. The first-order valence-corrected chi connectivity index (χ1v) is 7.23. The lowest BCUT2D eigenvalue weighted by Gasteiger charge is -2.26. The van der Waals surface area contributed by atoms with E-state index in [1.165, 1.54) is 12.1 Å². The minimum absolute atomic E-state index is 0.264. The van der Waals surface area contributed by atoms with Crippen molar-refractivity contribution in [1.82, 2.24) is 10.7 Å². The first-order valence-electron chi connectivity index (χ1n) is 6.82. The number of benzene rings is 2. The van der Waals surface area contributed by atoms with Crippen LogP contribution < -0.4 is 20.5 Å². The van der Waals surface area contributed by atoms with Gasteiger partial charge in [0.1, 0.15) is 17.2 Å². The molecular formula is C16H16FN3OS. The van der Waals surface area contributed by atoms with E-state index in [0.29, 0.717) is 5.11 Å². The van der Waals surface area contributed by atoms with Crippen molar-refractivity contribution in [2.45, 2.75) is 12.6 Å². The number of thiocarbonyl (C=S) groups is 1. The molecule has 2 aromatic carbocycles. The van der Waals surface area contributed by atoms with Gasteiger partial charge in [0.2, 0.25) is 0 Å². The summed E-state index contributed by atoms with van der Waals surface area (Å²) in [4.78, 5) is 0. The number of halogens is 1. The Balaban J connectivity index is 1.86. The third-order valence-electron chi connectivity index (χ3n) is 3.65. The Morgan fingerprint density at radius 1 is 1.09 bits per heavy atom. The van der Waals surface area contributed by atoms with Gasteiger partial charge in [-0.3, -0.25) is 0 Å². The largest absolute Gasteiger partial charge is 0.497 e. The third kappa shape index (κ3) is 2.63. The first-order chi connectivity index (χ1) is 10.5. The predicted octanol–water partition coefficient (Wildman–Crippen LogP) is 2.91. The molecule has 1 heterocycles. The summed E-state index contributed by atoms with van der Waals surface area (Å²) >= 11 is 5.41. The van der Waals surface area contributed by atoms with Crippen LogP contribution in [-0.4, -0.2) is 12.2 Å². The van der Waals surface area contributed by atoms with E-state index in [4.69, 9.17) is 17.0 Å². The lowest BCUT2D eigenvalue weighted by molar-refractivity contribution is 0.389. The molecule has 1 saturated heterocycles. The molecule has 1 atom stereocenters. The van der Waals surface area contributed by atoms with Gasteiger partial charge in [-0.25, -0.2) is 9.40 Å². The highest BCUT2D eigenvalue weighted by Crippen LogP contribution is 2.27. The lowest BCUT2D eigenvalue weighted by Crippen LogP contribution is -2.45. The molecule has 0 aliphatic carbocycles. The minimum Gasteiger partial charge on any atom is -0.497 e. The number of anilines is 1. The highest BCUT2D eigenvalue weighted by molar-refractivity contribution is 7.80. The van der Waals surface area contributed by atoms with Crippen molar-refractivity contribution in [2.24, 2.45) is 0 Å². The fourth-order valence-electron chi connectivity index (χ4n) is 2.41. The molecule has 22 heavy (non-hydrogen) atoms. The standard InChI is InChI=1S/C16H16FN3OS/c1-16(11-3-5-12(17)6-4-11)18-15(22)20(19-16)13-7-9-14(21-2)10-8-13/h3-10,19H,1-2H3,(H,18,22)/t16-/m1/s1. The molecule has 0 amide bonds. The zero-order valence-corrected chi connectivity index (χ0v) is 13.1. The van der Waals surface area contributed by atoms with Gasteiger partial charge in [-0.05, 0) is 61.1 Å². The molecule has 1 aliphatic rings. The summed E-state index contributed by atoms with van der Waals surface area (Å²) in [7, 11) is 1.63. The second-order valence-electron chi connectivity index (χ2n) is 5.21. The van der Waals surface area contributed by atoms with Crippen LogP contribution in [0.2, 0.25) is 0 Å². The zero-order chi connectivity index (χ0) is 15.7. The van der Waals surface area contributed by atoms with Crippen LogP contribution in [0.3, 0.4) is 0 Å². The predicted molar refractivity (Wildman–Crippen MR) is 88.1 cm³/mol. The smallest absolute Gasteiger partial charge is 0.190 e. The molecule has 3 rings (SSSR count). The summed E-state index contributed by atoms with van der Waals surface area (Å²) in [6, 6.07) is 13.9. The number of hydrazine groups is 1. The van der Waals surface area contributed by atoms with Gasteiger partial charge in [0, 0.05) is 0 Å². The molecule has 0 saturated carbocycles. The van der Waals surface area contributed by atoms with Crippen molar-refractivity contribution in [1.29, 1.82) is 0 Å². The quantitative estimate of drug-likeness (QED) is 0.851. The van der Waals surface area contributed by atoms with Crippen LogP contribution in [-0.2, 0) is 5.66 Å². The van der Waals surface area contributed by atoms with Gasteiger partial charge in [0.25, 0.3) is 0 Å². The van der Waals surface area contributed by atoms with Crippen LogP contribution in [0.15, 0.2) is 48.5 Å². The number of nitrogens with zero attached hydrogens (tertiary/aromatic N) is 1. The van der Waals surface area contributed by atoms with Crippen LogP contribution in [0, 0.1) is 5.82 Å². The van der Waals surface area contributed by atoms with Gasteiger partial charge in [0.05, 0.1) is 12.8 Å². The number of hydrogen-bond donors (Lipinski definition) is 2. The highest BCUT2D eigenvalue weighted by atomic mass is 32.1. The van der Waals surface area contributed by atoms with Gasteiger partial charge in [-0.1, -0.05) is 12.1 Å². The van der Waals surface area contributed by atoms with Gasteiger partial charge in [-0.2, -0.15) is 5.43 Å². The molecule has 114 valence electrons. The fourth-order valence-corrected chi connectivity index (χ4v) is 2.76. The molecule has 2 N–H and O–H groups in total. The summed E-state index contributed by atoms with van der Waals surface area (Å²) in [5.41, 5.74) is 4.52. The molecule has 2 aromatic rings. The first kappa shape index (κ1) is 14.7. The second-order valence-corrected chi connectivity index (χ2v) is 5.59. The Bertz CT molecular complexity index is 690. The molecule has 1 aliphatic heterocycles. The Labute approximate surface area is 133 Å². The molecule has 0 unspecified atom stereocenters. The molecular weight excluding hydrogens is 301 g/mol. The summed E-state index contributed by atoms with van der Waals surface area (Å²) in [5, 5.41) is 5.58. The van der Waals surface area contributed by atoms with Crippen molar-refractivity contribution >= 4 is 23.0 Å². The number of nitrogens with one attached hydrogen (secondary N) is 2. The van der Waals surface area contributed by atoms with Crippen molar-refractivity contribution < 1.29 is 9.13 Å². The number of rotatable bonds is 3. The Hall–Kier alpha value is -2.18. The maximum Gasteiger partial charge on any atom is 0.190 e. The van der Waals surface area contributed by atoms with Crippen molar-refractivity contribution in [3.63, 3.8) is 0 Å². The van der Waals surface area contributed by atoms with Gasteiger partial charge < -0.3 is 10.1 Å². The number of hydrogen-bond acceptors (Lipinski definition) is 3. The van der Waals surface area contributed by atoms with Crippen LogP contribution in [0.4, 0.5) is 10.1 Å². The van der Waals surface area contributed by atoms with Crippen LogP contribution in [0.5, 0.6) is 5.75 Å². The van der Waals surface area contributed by atoms with Crippen molar-refractivity contribution in [2.75, 3.05) is 12.1 Å². The SMILES string of the molecule is COc1ccc(N2N[C@](C)(c3ccc(F)cc3)NC2=S)cc1. The highest BCUT2D eigenvalue weighted by Gasteiger charge is 2.38. The zero-order valence-electron chi connectivity index (χ0n) is 12.3. The van der Waals surface area contributed by atoms with E-state index in [2.05, 4.69) is 10.7 Å². The topological polar surface area (TPSA) is 36.5 Å². The van der Waals surface area contributed by atoms with E-state index in [1.807, 2.05) is 31.2 Å². The van der Waals surface area contributed by atoms with Gasteiger partial charge >= 0.3 is 0 Å². The van der Waals surface area contributed by atoms with E-state index >= 15 is 0 Å². The molecule has 0 bridgehead atoms. The Kier molecular flexibility index (Phi) is 3.72. The van der Waals surface area contributed by atoms with E-state index in [9.17, 15) is 4.39 Å². The Morgan fingerprint density at radius 3 is 2.32 bits per heavy atom. The molecule has 0 aromatic heterocycles. The molecule has 1 fully saturated rings. The van der Waals surface area contributed by atoms with Crippen molar-refractivity contribution in [3.05, 3.63) is 59.9 Å². The van der Waals surface area contributed by atoms with Crippen LogP contribution >= 0.6 is 12.2 Å². The van der Waals surface area contributed by atoms with Crippen LogP contribution in [0.25, 0.3) is 0 Å². The van der Waals surface area contributed by atoms with Gasteiger partial charge in [-0.15, -0.1) is 0 Å². The van der Waals surface area contributed by atoms with E-state index in [-0.39, 0.29) is 5.82 Å². The van der Waals surface area contributed by atoms with Crippen LogP contribution in [0.1, 0.15) is 12.5 Å². The van der Waals surface area contributed by atoms with E-state index < -0.39 is 5.66 Å². The van der Waals surface area contributed by atoms with Crippen molar-refractivity contribution in [3.8, 4) is 5.75 Å². The summed E-state index contributed by atoms with van der Waals surface area (Å²) < 4.78 is 18.3. The van der Waals surface area contributed by atoms with Gasteiger partial charge in [0.15, 0.2) is 5.11 Å². The molecule has 0 spiro atoms. The average Bonchev–Trinajstić information content (AvgIpc) is 2.84. The average molecular weight is 317 g/mol. The Morgan fingerprint density at radius 2 is 1.73 bits per heavy atom. The van der Waals surface area contributed by atoms with E-state index in [0.717, 1.165) is 17.0 Å². The molecule has 4 nitrogen and oxygen atoms in total. The second kappa shape index (κ2) is 5.55. The maximum absolute atomic E-state index is 13.1. The minimum atomic E-state index is -0.593.